The summed E-state index contributed by atoms with van der Waals surface area (Å²) in [5.41, 5.74) is 7.13. The van der Waals surface area contributed by atoms with Crippen LogP contribution in [0, 0.1) is 0 Å². The molecule has 18 heavy (non-hydrogen) atoms. The zero-order valence-corrected chi connectivity index (χ0v) is 11.1. The van der Waals surface area contributed by atoms with E-state index in [-0.39, 0.29) is 12.0 Å². The van der Waals surface area contributed by atoms with Gasteiger partial charge in [-0.3, -0.25) is 0 Å². The van der Waals surface area contributed by atoms with Gasteiger partial charge in [0.05, 0.1) is 6.54 Å². The summed E-state index contributed by atoms with van der Waals surface area (Å²) < 4.78 is 7.20. The molecule has 0 aliphatic rings. The Hall–Kier alpha value is -1.62. The van der Waals surface area contributed by atoms with E-state index >= 15 is 0 Å². The molecule has 2 N–H and O–H groups in total. The molecule has 5 heteroatoms. The van der Waals surface area contributed by atoms with E-state index in [1.807, 2.05) is 36.9 Å². The quantitative estimate of drug-likeness (QED) is 0.882. The van der Waals surface area contributed by atoms with Gasteiger partial charge in [0.25, 0.3) is 0 Å². The molecule has 0 aliphatic heterocycles. The van der Waals surface area contributed by atoms with Crippen molar-refractivity contribution < 1.29 is 4.52 Å². The van der Waals surface area contributed by atoms with Crippen molar-refractivity contribution in [3.05, 3.63) is 35.7 Å². The fourth-order valence-electron chi connectivity index (χ4n) is 1.74. The third kappa shape index (κ3) is 2.79. The van der Waals surface area contributed by atoms with Crippen LogP contribution in [0.3, 0.4) is 0 Å². The molecular formula is C13H20N4O. The van der Waals surface area contributed by atoms with E-state index in [1.54, 1.807) is 0 Å². The van der Waals surface area contributed by atoms with E-state index in [1.165, 1.54) is 0 Å². The van der Waals surface area contributed by atoms with Crippen molar-refractivity contribution in [3.8, 4) is 0 Å². The molecule has 2 aromatic rings. The van der Waals surface area contributed by atoms with Crippen LogP contribution in [0.4, 0.5) is 0 Å². The molecule has 2 rings (SSSR count). The molecule has 0 saturated heterocycles. The fourth-order valence-corrected chi connectivity index (χ4v) is 1.74. The van der Waals surface area contributed by atoms with Gasteiger partial charge in [-0.15, -0.1) is 0 Å². The van der Waals surface area contributed by atoms with Crippen LogP contribution in [0.5, 0.6) is 0 Å². The Balaban J connectivity index is 2.06. The summed E-state index contributed by atoms with van der Waals surface area (Å²) in [6.07, 6.45) is 4.97. The summed E-state index contributed by atoms with van der Waals surface area (Å²) in [7, 11) is 0. The first-order chi connectivity index (χ1) is 8.60. The predicted molar refractivity (Wildman–Crippen MR) is 69.1 cm³/mol. The largest absolute Gasteiger partial charge is 0.346 e. The van der Waals surface area contributed by atoms with E-state index in [0.29, 0.717) is 18.3 Å². The summed E-state index contributed by atoms with van der Waals surface area (Å²) in [5, 5.41) is 3.97. The van der Waals surface area contributed by atoms with Crippen LogP contribution in [0.1, 0.15) is 56.4 Å². The standard InChI is InChI=1S/C13H20N4O/c1-4-11(14)10-5-6-17(7-10)8-12-15-13(9(2)3)18-16-12/h5-7,9,11H,4,8,14H2,1-3H3. The van der Waals surface area contributed by atoms with Gasteiger partial charge in [0, 0.05) is 24.4 Å². The maximum atomic E-state index is 5.98. The second kappa shape index (κ2) is 5.35. The molecule has 0 bridgehead atoms. The van der Waals surface area contributed by atoms with Crippen LogP contribution < -0.4 is 5.73 Å². The maximum Gasteiger partial charge on any atom is 0.229 e. The lowest BCUT2D eigenvalue weighted by molar-refractivity contribution is 0.360. The van der Waals surface area contributed by atoms with E-state index in [4.69, 9.17) is 10.3 Å². The molecule has 1 atom stereocenters. The van der Waals surface area contributed by atoms with Gasteiger partial charge in [0.15, 0.2) is 5.82 Å². The molecule has 2 heterocycles. The molecule has 0 amide bonds. The second-order valence-corrected chi connectivity index (χ2v) is 4.84. The number of nitrogens with two attached hydrogens (primary N) is 1. The highest BCUT2D eigenvalue weighted by molar-refractivity contribution is 5.15. The highest BCUT2D eigenvalue weighted by Gasteiger charge is 2.11. The summed E-state index contributed by atoms with van der Waals surface area (Å²) in [4.78, 5) is 4.35. The summed E-state index contributed by atoms with van der Waals surface area (Å²) in [6, 6.07) is 2.14. The van der Waals surface area contributed by atoms with Gasteiger partial charge < -0.3 is 14.8 Å². The summed E-state index contributed by atoms with van der Waals surface area (Å²) in [5.74, 6) is 1.65. The van der Waals surface area contributed by atoms with Gasteiger partial charge in [-0.25, -0.2) is 0 Å². The van der Waals surface area contributed by atoms with Gasteiger partial charge >= 0.3 is 0 Å². The van der Waals surface area contributed by atoms with Gasteiger partial charge in [-0.1, -0.05) is 25.9 Å². The molecule has 0 fully saturated rings. The van der Waals surface area contributed by atoms with Crippen molar-refractivity contribution in [2.75, 3.05) is 0 Å². The molecule has 0 radical (unpaired) electrons. The van der Waals surface area contributed by atoms with Crippen LogP contribution in [-0.2, 0) is 6.54 Å². The second-order valence-electron chi connectivity index (χ2n) is 4.84. The minimum absolute atomic E-state index is 0.0998. The van der Waals surface area contributed by atoms with Crippen LogP contribution in [-0.4, -0.2) is 14.7 Å². The third-order valence-electron chi connectivity index (χ3n) is 2.94. The van der Waals surface area contributed by atoms with Crippen LogP contribution in [0.2, 0.25) is 0 Å². The molecule has 0 saturated carbocycles. The Bertz CT molecular complexity index is 501. The Morgan fingerprint density at radius 1 is 1.44 bits per heavy atom. The number of rotatable bonds is 5. The maximum absolute atomic E-state index is 5.98. The lowest BCUT2D eigenvalue weighted by Crippen LogP contribution is -2.07. The summed E-state index contributed by atoms with van der Waals surface area (Å²) in [6.45, 7) is 6.76. The summed E-state index contributed by atoms with van der Waals surface area (Å²) >= 11 is 0. The highest BCUT2D eigenvalue weighted by Crippen LogP contribution is 2.15. The predicted octanol–water partition coefficient (Wildman–Crippen LogP) is 2.45. The normalized spacial score (nSPS) is 13.2. The topological polar surface area (TPSA) is 69.9 Å². The molecule has 98 valence electrons. The highest BCUT2D eigenvalue weighted by atomic mass is 16.5. The van der Waals surface area contributed by atoms with Gasteiger partial charge in [0.2, 0.25) is 5.89 Å². The van der Waals surface area contributed by atoms with E-state index in [9.17, 15) is 0 Å². The Morgan fingerprint density at radius 2 is 2.22 bits per heavy atom. The molecule has 1 unspecified atom stereocenters. The van der Waals surface area contributed by atoms with Crippen molar-refractivity contribution >= 4 is 0 Å². The number of hydrogen-bond donors (Lipinski definition) is 1. The Labute approximate surface area is 107 Å². The van der Waals surface area contributed by atoms with Crippen LogP contribution in [0.15, 0.2) is 23.0 Å². The third-order valence-corrected chi connectivity index (χ3v) is 2.94. The van der Waals surface area contributed by atoms with Crippen molar-refractivity contribution in [2.45, 2.75) is 45.7 Å². The monoisotopic (exact) mass is 248 g/mol. The van der Waals surface area contributed by atoms with Gasteiger partial charge in [-0.2, -0.15) is 4.98 Å². The van der Waals surface area contributed by atoms with Crippen LogP contribution in [0.25, 0.3) is 0 Å². The first kappa shape index (κ1) is 12.8. The Morgan fingerprint density at radius 3 is 2.83 bits per heavy atom. The average molecular weight is 248 g/mol. The van der Waals surface area contributed by atoms with Crippen molar-refractivity contribution in [2.24, 2.45) is 5.73 Å². The van der Waals surface area contributed by atoms with Crippen molar-refractivity contribution in [1.29, 1.82) is 0 Å². The molecule has 0 spiro atoms. The minimum atomic E-state index is 0.0998. The van der Waals surface area contributed by atoms with Crippen LogP contribution >= 0.6 is 0 Å². The first-order valence-corrected chi connectivity index (χ1v) is 6.34. The average Bonchev–Trinajstić information content (AvgIpc) is 2.98. The van der Waals surface area contributed by atoms with E-state index in [0.717, 1.165) is 12.0 Å². The zero-order valence-electron chi connectivity index (χ0n) is 11.1. The lowest BCUT2D eigenvalue weighted by Gasteiger charge is -2.04. The van der Waals surface area contributed by atoms with E-state index in [2.05, 4.69) is 17.1 Å². The number of nitrogens with zero attached hydrogens (tertiary/aromatic N) is 3. The molecule has 0 aliphatic carbocycles. The molecule has 5 nitrogen and oxygen atoms in total. The minimum Gasteiger partial charge on any atom is -0.346 e. The molecular weight excluding hydrogens is 228 g/mol. The molecule has 2 aromatic heterocycles. The number of hydrogen-bond acceptors (Lipinski definition) is 4. The van der Waals surface area contributed by atoms with Gasteiger partial charge in [-0.05, 0) is 18.1 Å². The Kier molecular flexibility index (Phi) is 3.81. The van der Waals surface area contributed by atoms with Crippen molar-refractivity contribution in [3.63, 3.8) is 0 Å². The zero-order chi connectivity index (χ0) is 13.1. The van der Waals surface area contributed by atoms with E-state index < -0.39 is 0 Å². The first-order valence-electron chi connectivity index (χ1n) is 6.34. The van der Waals surface area contributed by atoms with Crippen molar-refractivity contribution in [1.82, 2.24) is 14.7 Å². The SMILES string of the molecule is CCC(N)c1ccn(Cc2noc(C(C)C)n2)c1. The fraction of sp³-hybridized carbons (Fsp3) is 0.538. The smallest absolute Gasteiger partial charge is 0.229 e. The molecule has 0 aromatic carbocycles. The lowest BCUT2D eigenvalue weighted by atomic mass is 10.1. The number of aromatic nitrogens is 3. The van der Waals surface area contributed by atoms with Gasteiger partial charge in [0.1, 0.15) is 0 Å².